The van der Waals surface area contributed by atoms with E-state index < -0.39 is 0 Å². The molecule has 0 fully saturated rings. The van der Waals surface area contributed by atoms with Gasteiger partial charge in [0.15, 0.2) is 5.96 Å². The van der Waals surface area contributed by atoms with E-state index in [2.05, 4.69) is 64.0 Å². The van der Waals surface area contributed by atoms with Gasteiger partial charge in [0, 0.05) is 35.7 Å². The predicted octanol–water partition coefficient (Wildman–Crippen LogP) is 3.77. The number of aromatic nitrogens is 2. The highest BCUT2D eigenvalue weighted by atomic mass is 127. The summed E-state index contributed by atoms with van der Waals surface area (Å²) in [5.74, 6) is 0.833. The molecule has 0 spiro atoms. The van der Waals surface area contributed by atoms with Crippen molar-refractivity contribution >= 4 is 41.3 Å². The lowest BCUT2D eigenvalue weighted by Crippen LogP contribution is -2.37. The van der Waals surface area contributed by atoms with Gasteiger partial charge in [0.05, 0.1) is 12.2 Å². The standard InChI is InChI=1S/C19H23N5S.HI/c1-15-4-9-18(25-15)14-22-19(20-2)21-12-10-16-5-7-17(8-6-16)24-13-3-11-23-24;/h3-9,11,13H,10,12,14H2,1-2H3,(H2,20,21,22);1H. The van der Waals surface area contributed by atoms with Gasteiger partial charge in [-0.1, -0.05) is 12.1 Å². The monoisotopic (exact) mass is 481 g/mol. The summed E-state index contributed by atoms with van der Waals surface area (Å²) in [4.78, 5) is 6.92. The summed E-state index contributed by atoms with van der Waals surface area (Å²) in [7, 11) is 1.80. The topological polar surface area (TPSA) is 54.2 Å². The van der Waals surface area contributed by atoms with Crippen LogP contribution < -0.4 is 10.6 Å². The van der Waals surface area contributed by atoms with Gasteiger partial charge in [-0.3, -0.25) is 4.99 Å². The van der Waals surface area contributed by atoms with Crippen molar-refractivity contribution < 1.29 is 0 Å². The van der Waals surface area contributed by atoms with Gasteiger partial charge < -0.3 is 10.6 Å². The Morgan fingerprint density at radius 2 is 1.96 bits per heavy atom. The van der Waals surface area contributed by atoms with E-state index in [1.54, 1.807) is 13.2 Å². The molecule has 1 aromatic carbocycles. The number of nitrogens with one attached hydrogen (secondary N) is 2. The van der Waals surface area contributed by atoms with Gasteiger partial charge in [0.2, 0.25) is 0 Å². The summed E-state index contributed by atoms with van der Waals surface area (Å²) in [6, 6.07) is 14.7. The Labute approximate surface area is 175 Å². The minimum atomic E-state index is 0. The number of rotatable bonds is 6. The minimum Gasteiger partial charge on any atom is -0.356 e. The maximum absolute atomic E-state index is 4.28. The zero-order chi connectivity index (χ0) is 17.5. The van der Waals surface area contributed by atoms with E-state index in [1.807, 2.05) is 28.3 Å². The van der Waals surface area contributed by atoms with E-state index in [9.17, 15) is 0 Å². The quantitative estimate of drug-likeness (QED) is 0.320. The Morgan fingerprint density at radius 3 is 2.58 bits per heavy atom. The van der Waals surface area contributed by atoms with E-state index in [4.69, 9.17) is 0 Å². The van der Waals surface area contributed by atoms with Crippen molar-refractivity contribution in [2.75, 3.05) is 13.6 Å². The number of benzene rings is 1. The molecule has 2 heterocycles. The SMILES string of the molecule is CN=C(NCCc1ccc(-n2cccn2)cc1)NCc1ccc(C)s1.I. The van der Waals surface area contributed by atoms with E-state index in [-0.39, 0.29) is 24.0 Å². The third-order valence-electron chi connectivity index (χ3n) is 3.86. The highest BCUT2D eigenvalue weighted by Crippen LogP contribution is 2.14. The fourth-order valence-corrected chi connectivity index (χ4v) is 3.36. The van der Waals surface area contributed by atoms with Gasteiger partial charge in [-0.25, -0.2) is 4.68 Å². The summed E-state index contributed by atoms with van der Waals surface area (Å²) in [5.41, 5.74) is 2.36. The Hall–Kier alpha value is -1.87. The lowest BCUT2D eigenvalue weighted by molar-refractivity contribution is 0.798. The van der Waals surface area contributed by atoms with Crippen molar-refractivity contribution in [3.8, 4) is 5.69 Å². The summed E-state index contributed by atoms with van der Waals surface area (Å²) >= 11 is 1.81. The smallest absolute Gasteiger partial charge is 0.191 e. The molecule has 2 aromatic heterocycles. The van der Waals surface area contributed by atoms with Crippen LogP contribution >= 0.6 is 35.3 Å². The molecule has 0 saturated carbocycles. The molecule has 0 aliphatic carbocycles. The second kappa shape index (κ2) is 10.3. The van der Waals surface area contributed by atoms with E-state index in [0.29, 0.717) is 0 Å². The zero-order valence-corrected chi connectivity index (χ0v) is 18.1. The summed E-state index contributed by atoms with van der Waals surface area (Å²) < 4.78 is 1.86. The maximum atomic E-state index is 4.28. The van der Waals surface area contributed by atoms with Crippen molar-refractivity contribution in [3.63, 3.8) is 0 Å². The first-order chi connectivity index (χ1) is 12.2. The largest absolute Gasteiger partial charge is 0.356 e. The van der Waals surface area contributed by atoms with Crippen LogP contribution in [0, 0.1) is 6.92 Å². The normalized spacial score (nSPS) is 11.1. The van der Waals surface area contributed by atoms with Gasteiger partial charge >= 0.3 is 0 Å². The van der Waals surface area contributed by atoms with Crippen LogP contribution in [0.1, 0.15) is 15.3 Å². The van der Waals surface area contributed by atoms with Crippen molar-refractivity contribution in [1.29, 1.82) is 0 Å². The molecule has 0 saturated heterocycles. The number of thiophene rings is 1. The predicted molar refractivity (Wildman–Crippen MR) is 120 cm³/mol. The molecule has 0 aliphatic rings. The Bertz CT molecular complexity index is 809. The molecule has 26 heavy (non-hydrogen) atoms. The van der Waals surface area contributed by atoms with E-state index in [1.165, 1.54) is 15.3 Å². The van der Waals surface area contributed by atoms with Crippen molar-refractivity contribution in [2.24, 2.45) is 4.99 Å². The molecule has 0 radical (unpaired) electrons. The van der Waals surface area contributed by atoms with Gasteiger partial charge in [-0.15, -0.1) is 35.3 Å². The lowest BCUT2D eigenvalue weighted by Gasteiger charge is -2.11. The van der Waals surface area contributed by atoms with E-state index >= 15 is 0 Å². The Kier molecular flexibility index (Phi) is 8.11. The Morgan fingerprint density at radius 1 is 1.15 bits per heavy atom. The van der Waals surface area contributed by atoms with Crippen LogP contribution in [0.5, 0.6) is 0 Å². The summed E-state index contributed by atoms with van der Waals surface area (Å²) in [5, 5.41) is 11.0. The maximum Gasteiger partial charge on any atom is 0.191 e. The zero-order valence-electron chi connectivity index (χ0n) is 15.0. The highest BCUT2D eigenvalue weighted by molar-refractivity contribution is 14.0. The van der Waals surface area contributed by atoms with Crippen LogP contribution in [0.25, 0.3) is 5.69 Å². The molecule has 7 heteroatoms. The van der Waals surface area contributed by atoms with Crippen LogP contribution in [0.3, 0.4) is 0 Å². The van der Waals surface area contributed by atoms with Crippen LogP contribution in [0.2, 0.25) is 0 Å². The Balaban J connectivity index is 0.00000243. The van der Waals surface area contributed by atoms with Crippen molar-refractivity contribution in [1.82, 2.24) is 20.4 Å². The molecule has 2 N–H and O–H groups in total. The first-order valence-corrected chi connectivity index (χ1v) is 9.15. The summed E-state index contributed by atoms with van der Waals surface area (Å²) in [6.07, 6.45) is 4.67. The first-order valence-electron chi connectivity index (χ1n) is 8.33. The number of halogens is 1. The third kappa shape index (κ3) is 5.84. The molecule has 5 nitrogen and oxygen atoms in total. The van der Waals surface area contributed by atoms with Crippen LogP contribution in [0.15, 0.2) is 59.9 Å². The molecule has 0 amide bonds. The molecule has 3 rings (SSSR count). The molecule has 3 aromatic rings. The van der Waals surface area contributed by atoms with Crippen LogP contribution in [0.4, 0.5) is 0 Å². The second-order valence-electron chi connectivity index (χ2n) is 5.73. The fraction of sp³-hybridized carbons (Fsp3) is 0.263. The highest BCUT2D eigenvalue weighted by Gasteiger charge is 2.01. The average molecular weight is 481 g/mol. The molecule has 138 valence electrons. The number of nitrogens with zero attached hydrogens (tertiary/aromatic N) is 3. The fourth-order valence-electron chi connectivity index (χ4n) is 2.53. The molecule has 0 bridgehead atoms. The molecule has 0 unspecified atom stereocenters. The molecule has 0 atom stereocenters. The second-order valence-corrected chi connectivity index (χ2v) is 7.10. The number of aryl methyl sites for hydroxylation is 1. The van der Waals surface area contributed by atoms with E-state index in [0.717, 1.165) is 31.2 Å². The molecule has 0 aliphatic heterocycles. The van der Waals surface area contributed by atoms with Gasteiger partial charge in [0.1, 0.15) is 0 Å². The third-order valence-corrected chi connectivity index (χ3v) is 4.86. The number of hydrogen-bond acceptors (Lipinski definition) is 3. The first kappa shape index (κ1) is 20.4. The van der Waals surface area contributed by atoms with Crippen molar-refractivity contribution in [3.05, 3.63) is 70.2 Å². The van der Waals surface area contributed by atoms with Gasteiger partial charge in [-0.05, 0) is 49.2 Å². The molecular formula is C19H24IN5S. The lowest BCUT2D eigenvalue weighted by atomic mass is 10.1. The van der Waals surface area contributed by atoms with Gasteiger partial charge in [-0.2, -0.15) is 5.10 Å². The van der Waals surface area contributed by atoms with Crippen LogP contribution in [-0.2, 0) is 13.0 Å². The molecular weight excluding hydrogens is 457 g/mol. The number of aliphatic imine (C=N–C) groups is 1. The minimum absolute atomic E-state index is 0. The summed E-state index contributed by atoms with van der Waals surface area (Å²) in [6.45, 7) is 3.76. The van der Waals surface area contributed by atoms with Crippen molar-refractivity contribution in [2.45, 2.75) is 19.9 Å². The number of hydrogen-bond donors (Lipinski definition) is 2. The number of guanidine groups is 1. The van der Waals surface area contributed by atoms with Crippen LogP contribution in [-0.4, -0.2) is 29.3 Å². The van der Waals surface area contributed by atoms with Gasteiger partial charge in [0.25, 0.3) is 0 Å². The average Bonchev–Trinajstić information content (AvgIpc) is 3.30.